The fourth-order valence-corrected chi connectivity index (χ4v) is 1.94. The fourth-order valence-electron chi connectivity index (χ4n) is 1.94. The van der Waals surface area contributed by atoms with Crippen molar-refractivity contribution in [3.05, 3.63) is 0 Å². The first-order valence-electron chi connectivity index (χ1n) is 7.58. The maximum atomic E-state index is 5.83. The van der Waals surface area contributed by atoms with E-state index >= 15 is 0 Å². The second-order valence-electron chi connectivity index (χ2n) is 4.72. The molecule has 0 aromatic rings. The Morgan fingerprint density at radius 3 is 2.65 bits per heavy atom. The van der Waals surface area contributed by atoms with Crippen molar-refractivity contribution in [1.29, 1.82) is 0 Å². The SMILES string of the molecule is CCCN=C(NCC)NCCCOC1CCOCC1.I. The summed E-state index contributed by atoms with van der Waals surface area (Å²) in [5.41, 5.74) is 0. The van der Waals surface area contributed by atoms with Crippen molar-refractivity contribution in [3.63, 3.8) is 0 Å². The molecule has 0 atom stereocenters. The molecule has 1 aliphatic rings. The Bertz CT molecular complexity index is 247. The van der Waals surface area contributed by atoms with Gasteiger partial charge in [0.15, 0.2) is 5.96 Å². The van der Waals surface area contributed by atoms with E-state index in [0.717, 1.165) is 71.1 Å². The number of rotatable bonds is 8. The van der Waals surface area contributed by atoms with Crippen LogP contribution in [0.1, 0.15) is 39.5 Å². The predicted octanol–water partition coefficient (Wildman–Crippen LogP) is 2.16. The maximum absolute atomic E-state index is 5.83. The predicted molar refractivity (Wildman–Crippen MR) is 94.1 cm³/mol. The fraction of sp³-hybridized carbons (Fsp3) is 0.929. The number of aliphatic imine (C=N–C) groups is 1. The topological polar surface area (TPSA) is 54.9 Å². The van der Waals surface area contributed by atoms with Crippen LogP contribution in [0.25, 0.3) is 0 Å². The summed E-state index contributed by atoms with van der Waals surface area (Å²) in [5.74, 6) is 0.912. The largest absolute Gasteiger partial charge is 0.381 e. The summed E-state index contributed by atoms with van der Waals surface area (Å²) in [6.07, 6.45) is 4.55. The van der Waals surface area contributed by atoms with Crippen LogP contribution >= 0.6 is 24.0 Å². The first kappa shape index (κ1) is 19.9. The Labute approximate surface area is 140 Å². The zero-order valence-corrected chi connectivity index (χ0v) is 15.2. The maximum Gasteiger partial charge on any atom is 0.191 e. The van der Waals surface area contributed by atoms with Crippen LogP contribution in [0.3, 0.4) is 0 Å². The first-order chi connectivity index (χ1) is 9.36. The van der Waals surface area contributed by atoms with Gasteiger partial charge in [-0.05, 0) is 32.6 Å². The quantitative estimate of drug-likeness (QED) is 0.284. The number of ether oxygens (including phenoxy) is 2. The lowest BCUT2D eigenvalue weighted by molar-refractivity contribution is -0.0320. The molecule has 0 aliphatic carbocycles. The van der Waals surface area contributed by atoms with E-state index in [9.17, 15) is 0 Å². The molecule has 0 aromatic heterocycles. The van der Waals surface area contributed by atoms with Crippen molar-refractivity contribution in [3.8, 4) is 0 Å². The summed E-state index contributed by atoms with van der Waals surface area (Å²) in [6, 6.07) is 0. The molecule has 0 unspecified atom stereocenters. The average Bonchev–Trinajstić information content (AvgIpc) is 2.45. The van der Waals surface area contributed by atoms with Gasteiger partial charge in [-0.1, -0.05) is 6.92 Å². The third kappa shape index (κ3) is 9.77. The van der Waals surface area contributed by atoms with Crippen LogP contribution in [0.4, 0.5) is 0 Å². The van der Waals surface area contributed by atoms with Crippen molar-refractivity contribution in [2.75, 3.05) is 39.5 Å². The minimum atomic E-state index is 0. The Kier molecular flexibility index (Phi) is 13.8. The number of nitrogens with one attached hydrogen (secondary N) is 2. The molecule has 0 spiro atoms. The van der Waals surface area contributed by atoms with Crippen LogP contribution in [-0.2, 0) is 9.47 Å². The van der Waals surface area contributed by atoms with Crippen molar-refractivity contribution in [2.45, 2.75) is 45.6 Å². The van der Waals surface area contributed by atoms with Gasteiger partial charge in [0.2, 0.25) is 0 Å². The van der Waals surface area contributed by atoms with Gasteiger partial charge in [0.25, 0.3) is 0 Å². The van der Waals surface area contributed by atoms with Crippen molar-refractivity contribution < 1.29 is 9.47 Å². The molecule has 1 aliphatic heterocycles. The molecule has 6 heteroatoms. The number of hydrogen-bond acceptors (Lipinski definition) is 3. The van der Waals surface area contributed by atoms with Gasteiger partial charge in [0.05, 0.1) is 6.10 Å². The summed E-state index contributed by atoms with van der Waals surface area (Å²) >= 11 is 0. The van der Waals surface area contributed by atoms with Gasteiger partial charge in [-0.15, -0.1) is 24.0 Å². The molecule has 0 aromatic carbocycles. The Morgan fingerprint density at radius 1 is 1.25 bits per heavy atom. The number of halogens is 1. The summed E-state index contributed by atoms with van der Waals surface area (Å²) in [4.78, 5) is 4.46. The van der Waals surface area contributed by atoms with Gasteiger partial charge in [0.1, 0.15) is 0 Å². The third-order valence-electron chi connectivity index (χ3n) is 2.97. The molecule has 1 heterocycles. The summed E-state index contributed by atoms with van der Waals surface area (Å²) < 4.78 is 11.1. The molecule has 1 rings (SSSR count). The molecule has 0 radical (unpaired) electrons. The van der Waals surface area contributed by atoms with Crippen molar-refractivity contribution in [2.24, 2.45) is 4.99 Å². The lowest BCUT2D eigenvalue weighted by atomic mass is 10.1. The lowest BCUT2D eigenvalue weighted by Crippen LogP contribution is -2.38. The standard InChI is InChI=1S/C14H29N3O2.HI/c1-3-8-16-14(15-4-2)17-9-5-10-19-13-6-11-18-12-7-13;/h13H,3-12H2,1-2H3,(H2,15,16,17);1H. The van der Waals surface area contributed by atoms with E-state index in [2.05, 4.69) is 29.5 Å². The van der Waals surface area contributed by atoms with Crippen LogP contribution < -0.4 is 10.6 Å². The zero-order valence-electron chi connectivity index (χ0n) is 12.8. The Morgan fingerprint density at radius 2 is 2.00 bits per heavy atom. The first-order valence-corrected chi connectivity index (χ1v) is 7.58. The monoisotopic (exact) mass is 399 g/mol. The smallest absolute Gasteiger partial charge is 0.191 e. The van der Waals surface area contributed by atoms with E-state index in [1.807, 2.05) is 0 Å². The minimum absolute atomic E-state index is 0. The number of guanidine groups is 1. The van der Waals surface area contributed by atoms with Gasteiger partial charge in [-0.25, -0.2) is 0 Å². The summed E-state index contributed by atoms with van der Waals surface area (Å²) in [6.45, 7) is 9.38. The molecular formula is C14H30IN3O2. The van der Waals surface area contributed by atoms with E-state index in [0.29, 0.717) is 6.10 Å². The van der Waals surface area contributed by atoms with Crippen LogP contribution in [0.2, 0.25) is 0 Å². The highest BCUT2D eigenvalue weighted by molar-refractivity contribution is 14.0. The molecule has 5 nitrogen and oxygen atoms in total. The van der Waals surface area contributed by atoms with Gasteiger partial charge >= 0.3 is 0 Å². The van der Waals surface area contributed by atoms with Gasteiger partial charge in [-0.2, -0.15) is 0 Å². The lowest BCUT2D eigenvalue weighted by Gasteiger charge is -2.22. The molecule has 0 saturated carbocycles. The molecular weight excluding hydrogens is 369 g/mol. The molecule has 20 heavy (non-hydrogen) atoms. The molecule has 1 fully saturated rings. The molecule has 0 bridgehead atoms. The van der Waals surface area contributed by atoms with E-state index in [1.165, 1.54) is 0 Å². The highest BCUT2D eigenvalue weighted by Gasteiger charge is 2.13. The van der Waals surface area contributed by atoms with Crippen LogP contribution in [0, 0.1) is 0 Å². The van der Waals surface area contributed by atoms with Crippen molar-refractivity contribution >= 4 is 29.9 Å². The second kappa shape index (κ2) is 13.9. The number of hydrogen-bond donors (Lipinski definition) is 2. The number of nitrogens with zero attached hydrogens (tertiary/aromatic N) is 1. The van der Waals surface area contributed by atoms with E-state index in [-0.39, 0.29) is 24.0 Å². The minimum Gasteiger partial charge on any atom is -0.381 e. The molecule has 1 saturated heterocycles. The van der Waals surface area contributed by atoms with E-state index in [1.54, 1.807) is 0 Å². The normalized spacial score (nSPS) is 16.6. The van der Waals surface area contributed by atoms with Gasteiger partial charge in [-0.3, -0.25) is 4.99 Å². The van der Waals surface area contributed by atoms with Crippen LogP contribution in [0.5, 0.6) is 0 Å². The summed E-state index contributed by atoms with van der Waals surface area (Å²) in [7, 11) is 0. The van der Waals surface area contributed by atoms with E-state index in [4.69, 9.17) is 9.47 Å². The highest BCUT2D eigenvalue weighted by atomic mass is 127. The van der Waals surface area contributed by atoms with E-state index < -0.39 is 0 Å². The Hall–Kier alpha value is -0.0800. The molecule has 120 valence electrons. The zero-order chi connectivity index (χ0) is 13.8. The average molecular weight is 399 g/mol. The molecule has 2 N–H and O–H groups in total. The Balaban J connectivity index is 0.00000361. The highest BCUT2D eigenvalue weighted by Crippen LogP contribution is 2.10. The van der Waals surface area contributed by atoms with Crippen LogP contribution in [0.15, 0.2) is 4.99 Å². The molecule has 0 amide bonds. The second-order valence-corrected chi connectivity index (χ2v) is 4.72. The summed E-state index contributed by atoms with van der Waals surface area (Å²) in [5, 5.41) is 6.57. The van der Waals surface area contributed by atoms with Crippen LogP contribution in [-0.4, -0.2) is 51.5 Å². The van der Waals surface area contributed by atoms with Gasteiger partial charge < -0.3 is 20.1 Å². The third-order valence-corrected chi connectivity index (χ3v) is 2.97. The van der Waals surface area contributed by atoms with Gasteiger partial charge in [0, 0.05) is 39.5 Å². The van der Waals surface area contributed by atoms with Crippen molar-refractivity contribution in [1.82, 2.24) is 10.6 Å².